The first-order chi connectivity index (χ1) is 7.14. The van der Waals surface area contributed by atoms with Crippen LogP contribution in [-0.2, 0) is 0 Å². The van der Waals surface area contributed by atoms with Gasteiger partial charge in [0.15, 0.2) is 0 Å². The molecule has 0 bridgehead atoms. The lowest BCUT2D eigenvalue weighted by atomic mass is 9.88. The molecular weight excluding hydrogens is 204 g/mol. The predicted molar refractivity (Wildman–Crippen MR) is 66.9 cm³/mol. The molecular formula is C12H22N2S. The fourth-order valence-corrected chi connectivity index (χ4v) is 3.13. The minimum absolute atomic E-state index is 0.265. The van der Waals surface area contributed by atoms with E-state index >= 15 is 0 Å². The van der Waals surface area contributed by atoms with Gasteiger partial charge in [-0.3, -0.25) is 0 Å². The molecule has 86 valence electrons. The Kier molecular flexibility index (Phi) is 5.49. The molecule has 1 heterocycles. The largest absolute Gasteiger partial charge is 0.316 e. The Bertz CT molecular complexity index is 214. The number of thioether (sulfide) groups is 1. The topological polar surface area (TPSA) is 35.8 Å². The summed E-state index contributed by atoms with van der Waals surface area (Å²) in [6, 6.07) is 2.22. The molecule has 0 radical (unpaired) electrons. The van der Waals surface area contributed by atoms with Crippen LogP contribution in [-0.4, -0.2) is 24.6 Å². The molecule has 1 aliphatic rings. The van der Waals surface area contributed by atoms with Crippen LogP contribution in [0.1, 0.15) is 33.1 Å². The van der Waals surface area contributed by atoms with Crippen LogP contribution < -0.4 is 5.32 Å². The highest BCUT2D eigenvalue weighted by atomic mass is 32.2. The summed E-state index contributed by atoms with van der Waals surface area (Å²) in [5, 5.41) is 12.1. The molecule has 1 saturated heterocycles. The van der Waals surface area contributed by atoms with Crippen molar-refractivity contribution in [1.29, 1.82) is 5.26 Å². The van der Waals surface area contributed by atoms with Crippen LogP contribution >= 0.6 is 11.8 Å². The Balaban J connectivity index is 2.09. The highest BCUT2D eigenvalue weighted by Crippen LogP contribution is 2.24. The lowest BCUT2D eigenvalue weighted by Gasteiger charge is -2.24. The highest BCUT2D eigenvalue weighted by molar-refractivity contribution is 7.99. The van der Waals surface area contributed by atoms with Crippen LogP contribution in [0.2, 0.25) is 0 Å². The first-order valence-electron chi connectivity index (χ1n) is 5.79. The van der Waals surface area contributed by atoms with E-state index in [9.17, 15) is 0 Å². The summed E-state index contributed by atoms with van der Waals surface area (Å²) in [6.45, 7) is 6.67. The first-order valence-corrected chi connectivity index (χ1v) is 6.95. The van der Waals surface area contributed by atoms with Crippen molar-refractivity contribution in [2.75, 3.05) is 24.6 Å². The Labute approximate surface area is 97.8 Å². The first kappa shape index (κ1) is 12.9. The fourth-order valence-electron chi connectivity index (χ4n) is 1.84. The van der Waals surface area contributed by atoms with Gasteiger partial charge in [-0.2, -0.15) is 17.0 Å². The zero-order chi connectivity index (χ0) is 11.1. The molecule has 1 fully saturated rings. The third-order valence-electron chi connectivity index (χ3n) is 2.97. The minimum Gasteiger partial charge on any atom is -0.316 e. The van der Waals surface area contributed by atoms with E-state index in [-0.39, 0.29) is 5.41 Å². The summed E-state index contributed by atoms with van der Waals surface area (Å²) in [4.78, 5) is 0. The summed E-state index contributed by atoms with van der Waals surface area (Å²) >= 11 is 2.07. The molecule has 0 saturated carbocycles. The number of nitriles is 1. The monoisotopic (exact) mass is 226 g/mol. The van der Waals surface area contributed by atoms with E-state index in [1.165, 1.54) is 17.9 Å². The van der Waals surface area contributed by atoms with Gasteiger partial charge in [0.2, 0.25) is 0 Å². The Hall–Kier alpha value is -0.200. The van der Waals surface area contributed by atoms with Crippen LogP contribution in [0.4, 0.5) is 0 Å². The van der Waals surface area contributed by atoms with E-state index in [1.54, 1.807) is 0 Å². The quantitative estimate of drug-likeness (QED) is 0.756. The average molecular weight is 226 g/mol. The van der Waals surface area contributed by atoms with Gasteiger partial charge in [-0.15, -0.1) is 0 Å². The van der Waals surface area contributed by atoms with Gasteiger partial charge in [0, 0.05) is 13.0 Å². The molecule has 1 aliphatic heterocycles. The van der Waals surface area contributed by atoms with Crippen molar-refractivity contribution in [2.24, 2.45) is 11.3 Å². The normalized spacial score (nSPS) is 21.5. The van der Waals surface area contributed by atoms with Crippen LogP contribution in [0.5, 0.6) is 0 Å². The maximum absolute atomic E-state index is 8.55. The SMILES string of the molecule is CC(C)(CCC#N)CNCC1CCSC1. The van der Waals surface area contributed by atoms with Gasteiger partial charge in [-0.25, -0.2) is 0 Å². The minimum atomic E-state index is 0.265. The maximum atomic E-state index is 8.55. The number of nitrogens with zero attached hydrogens (tertiary/aromatic N) is 1. The average Bonchev–Trinajstić information content (AvgIpc) is 2.67. The molecule has 1 atom stereocenters. The summed E-state index contributed by atoms with van der Waals surface area (Å²) in [5.41, 5.74) is 0.265. The zero-order valence-electron chi connectivity index (χ0n) is 9.88. The van der Waals surface area contributed by atoms with Gasteiger partial charge in [-0.1, -0.05) is 13.8 Å². The van der Waals surface area contributed by atoms with Gasteiger partial charge < -0.3 is 5.32 Å². The summed E-state index contributed by atoms with van der Waals surface area (Å²) < 4.78 is 0. The molecule has 0 aromatic rings. The fraction of sp³-hybridized carbons (Fsp3) is 0.917. The number of nitrogens with one attached hydrogen (secondary N) is 1. The lowest BCUT2D eigenvalue weighted by molar-refractivity contribution is 0.310. The van der Waals surface area contributed by atoms with Crippen molar-refractivity contribution in [3.05, 3.63) is 0 Å². The molecule has 0 aromatic carbocycles. The summed E-state index contributed by atoms with van der Waals surface area (Å²) in [6.07, 6.45) is 3.04. The number of hydrogen-bond acceptors (Lipinski definition) is 3. The van der Waals surface area contributed by atoms with Gasteiger partial charge in [0.25, 0.3) is 0 Å². The highest BCUT2D eigenvalue weighted by Gasteiger charge is 2.19. The lowest BCUT2D eigenvalue weighted by Crippen LogP contribution is -2.32. The van der Waals surface area contributed by atoms with E-state index in [1.807, 2.05) is 0 Å². The van der Waals surface area contributed by atoms with Crippen molar-refractivity contribution in [2.45, 2.75) is 33.1 Å². The summed E-state index contributed by atoms with van der Waals surface area (Å²) in [5.74, 6) is 3.54. The van der Waals surface area contributed by atoms with Gasteiger partial charge in [0.1, 0.15) is 0 Å². The zero-order valence-corrected chi connectivity index (χ0v) is 10.7. The van der Waals surface area contributed by atoms with Crippen molar-refractivity contribution in [1.82, 2.24) is 5.32 Å². The molecule has 0 aliphatic carbocycles. The molecule has 1 rings (SSSR count). The van der Waals surface area contributed by atoms with Crippen molar-refractivity contribution < 1.29 is 0 Å². The van der Waals surface area contributed by atoms with Crippen molar-refractivity contribution in [3.8, 4) is 6.07 Å². The molecule has 0 aromatic heterocycles. The second-order valence-corrected chi connectivity index (χ2v) is 6.33. The Morgan fingerprint density at radius 3 is 2.93 bits per heavy atom. The Morgan fingerprint density at radius 1 is 1.53 bits per heavy atom. The summed E-state index contributed by atoms with van der Waals surface area (Å²) in [7, 11) is 0. The molecule has 15 heavy (non-hydrogen) atoms. The van der Waals surface area contributed by atoms with Crippen LogP contribution in [0, 0.1) is 22.7 Å². The third-order valence-corrected chi connectivity index (χ3v) is 4.21. The molecule has 0 amide bonds. The van der Waals surface area contributed by atoms with Crippen molar-refractivity contribution in [3.63, 3.8) is 0 Å². The molecule has 2 nitrogen and oxygen atoms in total. The third kappa shape index (κ3) is 5.44. The number of hydrogen-bond donors (Lipinski definition) is 1. The smallest absolute Gasteiger partial charge is 0.0621 e. The van der Waals surface area contributed by atoms with Crippen molar-refractivity contribution >= 4 is 11.8 Å². The van der Waals surface area contributed by atoms with E-state index in [4.69, 9.17) is 5.26 Å². The number of rotatable bonds is 6. The standard InChI is InChI=1S/C12H22N2S/c1-12(2,5-3-6-13)10-14-8-11-4-7-15-9-11/h11,14H,3-5,7-10H2,1-2H3. The van der Waals surface area contributed by atoms with Crippen LogP contribution in [0.25, 0.3) is 0 Å². The van der Waals surface area contributed by atoms with Crippen LogP contribution in [0.15, 0.2) is 0 Å². The molecule has 1 N–H and O–H groups in total. The molecule has 0 spiro atoms. The van der Waals surface area contributed by atoms with E-state index < -0.39 is 0 Å². The van der Waals surface area contributed by atoms with Crippen LogP contribution in [0.3, 0.4) is 0 Å². The van der Waals surface area contributed by atoms with E-state index in [2.05, 4.69) is 37.0 Å². The maximum Gasteiger partial charge on any atom is 0.0621 e. The van der Waals surface area contributed by atoms with E-state index in [0.29, 0.717) is 6.42 Å². The molecule has 3 heteroatoms. The van der Waals surface area contributed by atoms with Gasteiger partial charge >= 0.3 is 0 Å². The van der Waals surface area contributed by atoms with Gasteiger partial charge in [-0.05, 0) is 42.2 Å². The molecule has 1 unspecified atom stereocenters. The van der Waals surface area contributed by atoms with E-state index in [0.717, 1.165) is 25.4 Å². The predicted octanol–water partition coefficient (Wildman–Crippen LogP) is 2.66. The van der Waals surface area contributed by atoms with Gasteiger partial charge in [0.05, 0.1) is 6.07 Å². The Morgan fingerprint density at radius 2 is 2.33 bits per heavy atom. The second kappa shape index (κ2) is 6.40. The second-order valence-electron chi connectivity index (χ2n) is 5.18.